The van der Waals surface area contributed by atoms with E-state index in [4.69, 9.17) is 0 Å². The number of fused-ring (bicyclic) bond motifs is 5. The lowest BCUT2D eigenvalue weighted by molar-refractivity contribution is -0.643. The molecule has 160 valence electrons. The lowest BCUT2D eigenvalue weighted by Crippen LogP contribution is -2.29. The summed E-state index contributed by atoms with van der Waals surface area (Å²) in [6.07, 6.45) is 3.29. The minimum absolute atomic E-state index is 0.244. The van der Waals surface area contributed by atoms with Crippen LogP contribution in [0.2, 0.25) is 0 Å². The molecule has 0 saturated heterocycles. The molecule has 0 fully saturated rings. The normalized spacial score (nSPS) is 13.0. The Kier molecular flexibility index (Phi) is 3.80. The van der Waals surface area contributed by atoms with Gasteiger partial charge in [0.1, 0.15) is 7.05 Å². The van der Waals surface area contributed by atoms with Crippen LogP contribution in [0.15, 0.2) is 48.7 Å². The first-order valence-corrected chi connectivity index (χ1v) is 11.6. The Morgan fingerprint density at radius 3 is 2.28 bits per heavy atom. The van der Waals surface area contributed by atoms with Crippen molar-refractivity contribution in [2.24, 2.45) is 12.5 Å². The monoisotopic (exact) mass is 419 g/mol. The van der Waals surface area contributed by atoms with Gasteiger partial charge in [-0.3, -0.25) is 0 Å². The van der Waals surface area contributed by atoms with E-state index in [9.17, 15) is 0 Å². The van der Waals surface area contributed by atoms with Crippen LogP contribution in [0.5, 0.6) is 0 Å². The van der Waals surface area contributed by atoms with Gasteiger partial charge >= 0.3 is 0 Å². The molecule has 3 heterocycles. The number of hydrogen-bond acceptors (Lipinski definition) is 0. The molecule has 3 aromatic carbocycles. The van der Waals surface area contributed by atoms with Gasteiger partial charge in [-0.15, -0.1) is 0 Å². The van der Waals surface area contributed by atoms with Crippen molar-refractivity contribution in [3.63, 3.8) is 0 Å². The molecule has 0 spiro atoms. The zero-order valence-electron chi connectivity index (χ0n) is 20.2. The van der Waals surface area contributed by atoms with Crippen molar-refractivity contribution in [3.05, 3.63) is 70.9 Å². The van der Waals surface area contributed by atoms with Crippen LogP contribution < -0.4 is 4.57 Å². The summed E-state index contributed by atoms with van der Waals surface area (Å²) in [5.74, 6) is 0. The van der Waals surface area contributed by atoms with Gasteiger partial charge in [0.05, 0.1) is 27.3 Å². The second kappa shape index (κ2) is 6.22. The molecule has 0 radical (unpaired) electrons. The number of aryl methyl sites for hydroxylation is 4. The van der Waals surface area contributed by atoms with Crippen LogP contribution in [-0.2, 0) is 13.5 Å². The van der Waals surface area contributed by atoms with Gasteiger partial charge in [-0.05, 0) is 78.4 Å². The van der Waals surface area contributed by atoms with Crippen molar-refractivity contribution in [2.45, 2.75) is 48.0 Å². The van der Waals surface area contributed by atoms with Crippen molar-refractivity contribution in [1.29, 1.82) is 0 Å². The third kappa shape index (κ3) is 2.56. The highest BCUT2D eigenvalue weighted by atomic mass is 15.0. The highest BCUT2D eigenvalue weighted by Crippen LogP contribution is 2.41. The number of benzene rings is 3. The zero-order chi connectivity index (χ0) is 22.5. The molecule has 32 heavy (non-hydrogen) atoms. The molecular weight excluding hydrogens is 388 g/mol. The fourth-order valence-electron chi connectivity index (χ4n) is 5.75. The standard InChI is InChI=1S/C30H31N2/c1-17-8-9-22-23-12-18(2)19(3)13-24(23)32-25-15-20(16-30(4,5)6)14-21-10-11-31(7)29(27(21)25)26(17)28(22)32/h8-15H,16H2,1-7H3/q+1. The van der Waals surface area contributed by atoms with Crippen LogP contribution in [0.1, 0.15) is 43.0 Å². The molecule has 2 nitrogen and oxygen atoms in total. The molecule has 0 aliphatic carbocycles. The Morgan fingerprint density at radius 2 is 1.53 bits per heavy atom. The van der Waals surface area contributed by atoms with Gasteiger partial charge in [-0.25, -0.2) is 4.57 Å². The topological polar surface area (TPSA) is 8.29 Å². The summed E-state index contributed by atoms with van der Waals surface area (Å²) in [5, 5.41) is 6.79. The van der Waals surface area contributed by atoms with Crippen LogP contribution in [0, 0.1) is 26.2 Å². The number of pyridine rings is 2. The molecule has 0 saturated carbocycles. The molecule has 3 aromatic heterocycles. The largest absolute Gasteiger partial charge is 0.307 e. The number of aromatic nitrogens is 2. The summed E-state index contributed by atoms with van der Waals surface area (Å²) in [6.45, 7) is 13.7. The lowest BCUT2D eigenvalue weighted by atomic mass is 9.87. The van der Waals surface area contributed by atoms with Crippen LogP contribution in [0.4, 0.5) is 0 Å². The summed E-state index contributed by atoms with van der Waals surface area (Å²) in [5.41, 5.74) is 11.0. The van der Waals surface area contributed by atoms with E-state index in [0.717, 1.165) is 6.42 Å². The van der Waals surface area contributed by atoms with E-state index in [1.165, 1.54) is 71.3 Å². The Hall–Kier alpha value is -3.13. The van der Waals surface area contributed by atoms with Crippen LogP contribution >= 0.6 is 0 Å². The molecule has 2 heteroatoms. The summed E-state index contributed by atoms with van der Waals surface area (Å²) in [7, 11) is 2.19. The number of nitrogens with zero attached hydrogens (tertiary/aromatic N) is 2. The van der Waals surface area contributed by atoms with E-state index in [1.807, 2.05) is 0 Å². The molecule has 0 amide bonds. The number of hydrogen-bond donors (Lipinski definition) is 0. The maximum absolute atomic E-state index is 2.56. The predicted molar refractivity (Wildman–Crippen MR) is 137 cm³/mol. The lowest BCUT2D eigenvalue weighted by Gasteiger charge is -2.20. The van der Waals surface area contributed by atoms with E-state index in [2.05, 4.69) is 106 Å². The summed E-state index contributed by atoms with van der Waals surface area (Å²) >= 11 is 0. The van der Waals surface area contributed by atoms with Crippen molar-refractivity contribution >= 4 is 49.0 Å². The minimum atomic E-state index is 0.244. The fourth-order valence-corrected chi connectivity index (χ4v) is 5.75. The first kappa shape index (κ1) is 19.5. The van der Waals surface area contributed by atoms with Crippen LogP contribution in [0.25, 0.3) is 49.0 Å². The highest BCUT2D eigenvalue weighted by molar-refractivity contribution is 6.25. The SMILES string of the molecule is Cc1cc2c3ccc(C)c4c3n(c2cc1C)c1cc(CC(C)(C)C)cc2cc[n+](C)c4c21. The summed E-state index contributed by atoms with van der Waals surface area (Å²) in [6, 6.07) is 16.6. The summed E-state index contributed by atoms with van der Waals surface area (Å²) in [4.78, 5) is 0. The van der Waals surface area contributed by atoms with Gasteiger partial charge in [0, 0.05) is 16.8 Å². The second-order valence-corrected chi connectivity index (χ2v) is 11.0. The van der Waals surface area contributed by atoms with E-state index in [1.54, 1.807) is 0 Å². The molecular formula is C30H31N2+. The maximum Gasteiger partial charge on any atom is 0.224 e. The highest BCUT2D eigenvalue weighted by Gasteiger charge is 2.25. The van der Waals surface area contributed by atoms with Gasteiger partial charge in [-0.2, -0.15) is 0 Å². The van der Waals surface area contributed by atoms with Crippen molar-refractivity contribution in [1.82, 2.24) is 4.40 Å². The Bertz CT molecular complexity index is 1710. The van der Waals surface area contributed by atoms with Crippen molar-refractivity contribution in [2.75, 3.05) is 0 Å². The molecule has 0 aliphatic heterocycles. The number of rotatable bonds is 1. The third-order valence-corrected chi connectivity index (χ3v) is 7.24. The van der Waals surface area contributed by atoms with Crippen molar-refractivity contribution in [3.8, 4) is 0 Å². The van der Waals surface area contributed by atoms with E-state index in [-0.39, 0.29) is 5.41 Å². The average molecular weight is 420 g/mol. The molecule has 6 aromatic rings. The van der Waals surface area contributed by atoms with Gasteiger partial charge < -0.3 is 4.40 Å². The van der Waals surface area contributed by atoms with Gasteiger partial charge in [0.15, 0.2) is 6.20 Å². The molecule has 0 unspecified atom stereocenters. The smallest absolute Gasteiger partial charge is 0.224 e. The molecule has 0 N–H and O–H groups in total. The molecule has 6 rings (SSSR count). The Morgan fingerprint density at radius 1 is 0.781 bits per heavy atom. The zero-order valence-corrected chi connectivity index (χ0v) is 20.2. The Labute approximate surface area is 189 Å². The average Bonchev–Trinajstić information content (AvgIpc) is 3.01. The molecule has 0 bridgehead atoms. The first-order valence-electron chi connectivity index (χ1n) is 11.6. The van der Waals surface area contributed by atoms with Gasteiger partial charge in [0.25, 0.3) is 0 Å². The first-order chi connectivity index (χ1) is 15.1. The van der Waals surface area contributed by atoms with Crippen LogP contribution in [0.3, 0.4) is 0 Å². The van der Waals surface area contributed by atoms with E-state index in [0.29, 0.717) is 0 Å². The van der Waals surface area contributed by atoms with Crippen molar-refractivity contribution < 1.29 is 4.57 Å². The third-order valence-electron chi connectivity index (χ3n) is 7.24. The van der Waals surface area contributed by atoms with E-state index >= 15 is 0 Å². The predicted octanol–water partition coefficient (Wildman–Crippen LogP) is 7.33. The quantitative estimate of drug-likeness (QED) is 0.150. The fraction of sp³-hybridized carbons (Fsp3) is 0.300. The molecule has 0 aliphatic rings. The van der Waals surface area contributed by atoms with Gasteiger partial charge in [0.2, 0.25) is 5.52 Å². The minimum Gasteiger partial charge on any atom is -0.307 e. The van der Waals surface area contributed by atoms with E-state index < -0.39 is 0 Å². The molecule has 0 atom stereocenters. The summed E-state index contributed by atoms with van der Waals surface area (Å²) < 4.78 is 4.87. The Balaban J connectivity index is 1.98. The van der Waals surface area contributed by atoms with Gasteiger partial charge in [-0.1, -0.05) is 39.0 Å². The second-order valence-electron chi connectivity index (χ2n) is 11.0. The van der Waals surface area contributed by atoms with Crippen LogP contribution in [-0.4, -0.2) is 4.40 Å². The maximum atomic E-state index is 2.56.